The van der Waals surface area contributed by atoms with Crippen molar-refractivity contribution in [3.63, 3.8) is 0 Å². The van der Waals surface area contributed by atoms with Gasteiger partial charge in [0.2, 0.25) is 16.8 Å². The van der Waals surface area contributed by atoms with Crippen LogP contribution in [-0.2, 0) is 23.1 Å². The zero-order chi connectivity index (χ0) is 26.2. The lowest BCUT2D eigenvalue weighted by Crippen LogP contribution is -2.32. The molecule has 1 aromatic heterocycles. The lowest BCUT2D eigenvalue weighted by atomic mass is 10.1. The van der Waals surface area contributed by atoms with Crippen molar-refractivity contribution in [2.24, 2.45) is 0 Å². The van der Waals surface area contributed by atoms with Gasteiger partial charge in [0.15, 0.2) is 23.0 Å². The number of pyridine rings is 1. The third-order valence-corrected chi connectivity index (χ3v) is 8.35. The Balaban J connectivity index is 1.56. The summed E-state index contributed by atoms with van der Waals surface area (Å²) in [4.78, 5) is 16.0. The Morgan fingerprint density at radius 3 is 2.35 bits per heavy atom. The van der Waals surface area contributed by atoms with E-state index < -0.39 is 15.6 Å². The SMILES string of the molecule is COc1cc2cc(CN(Cc3ccc4c(c3)OCO4)S(=O)(=O)c3ccc(Br)cc3)c(=O)[nH]c2cc1OC. The van der Waals surface area contributed by atoms with Crippen molar-refractivity contribution in [1.82, 2.24) is 9.29 Å². The number of methoxy groups -OCH3 is 2. The summed E-state index contributed by atoms with van der Waals surface area (Å²) in [6, 6.07) is 16.7. The average Bonchev–Trinajstić information content (AvgIpc) is 3.36. The molecular weight excluding hydrogens is 564 g/mol. The number of aromatic nitrogens is 1. The molecule has 1 N–H and O–H groups in total. The predicted octanol–water partition coefficient (Wildman–Crippen LogP) is 4.43. The molecule has 0 amide bonds. The van der Waals surface area contributed by atoms with E-state index in [9.17, 15) is 13.2 Å². The number of sulfonamides is 1. The Bertz CT molecular complexity index is 1640. The van der Waals surface area contributed by atoms with E-state index in [0.717, 1.165) is 4.47 Å². The van der Waals surface area contributed by atoms with Crippen molar-refractivity contribution >= 4 is 36.9 Å². The number of hydrogen-bond donors (Lipinski definition) is 1. The molecule has 1 aliphatic heterocycles. The first kappa shape index (κ1) is 25.1. The Morgan fingerprint density at radius 2 is 1.62 bits per heavy atom. The first-order valence-corrected chi connectivity index (χ1v) is 13.4. The van der Waals surface area contributed by atoms with E-state index in [1.807, 2.05) is 0 Å². The van der Waals surface area contributed by atoms with Gasteiger partial charge in [-0.15, -0.1) is 0 Å². The van der Waals surface area contributed by atoms with Gasteiger partial charge in [-0.25, -0.2) is 8.42 Å². The number of fused-ring (bicyclic) bond motifs is 2. The summed E-state index contributed by atoms with van der Waals surface area (Å²) in [5.74, 6) is 2.11. The van der Waals surface area contributed by atoms with Crippen LogP contribution in [0.1, 0.15) is 11.1 Å². The summed E-state index contributed by atoms with van der Waals surface area (Å²) in [6.45, 7) is -0.0364. The number of rotatable bonds is 8. The molecule has 0 fully saturated rings. The maximum atomic E-state index is 13.8. The maximum absolute atomic E-state index is 13.8. The summed E-state index contributed by atoms with van der Waals surface area (Å²) in [5, 5.41) is 0.677. The van der Waals surface area contributed by atoms with Gasteiger partial charge in [-0.2, -0.15) is 4.31 Å². The normalized spacial score (nSPS) is 12.8. The zero-order valence-corrected chi connectivity index (χ0v) is 22.4. The van der Waals surface area contributed by atoms with E-state index in [1.54, 1.807) is 48.5 Å². The van der Waals surface area contributed by atoms with Crippen LogP contribution in [0.4, 0.5) is 0 Å². The van der Waals surface area contributed by atoms with Crippen molar-refractivity contribution in [2.75, 3.05) is 21.0 Å². The second kappa shape index (κ2) is 10.1. The smallest absolute Gasteiger partial charge is 0.252 e. The molecule has 9 nitrogen and oxygen atoms in total. The molecule has 0 aliphatic carbocycles. The van der Waals surface area contributed by atoms with Crippen LogP contribution in [0.2, 0.25) is 0 Å². The van der Waals surface area contributed by atoms with Crippen molar-refractivity contribution in [1.29, 1.82) is 0 Å². The highest BCUT2D eigenvalue weighted by atomic mass is 79.9. The van der Waals surface area contributed by atoms with Crippen molar-refractivity contribution in [2.45, 2.75) is 18.0 Å². The van der Waals surface area contributed by atoms with E-state index in [4.69, 9.17) is 18.9 Å². The minimum atomic E-state index is -3.98. The molecule has 0 saturated heterocycles. The van der Waals surface area contributed by atoms with Gasteiger partial charge in [-0.3, -0.25) is 4.79 Å². The van der Waals surface area contributed by atoms with Crippen LogP contribution < -0.4 is 24.5 Å². The largest absolute Gasteiger partial charge is 0.493 e. The fourth-order valence-corrected chi connectivity index (χ4v) is 5.78. The molecule has 4 aromatic rings. The number of aromatic amines is 1. The number of ether oxygens (including phenoxy) is 4. The molecule has 0 spiro atoms. The van der Waals surface area contributed by atoms with Crippen LogP contribution >= 0.6 is 15.9 Å². The monoisotopic (exact) mass is 586 g/mol. The van der Waals surface area contributed by atoms with Crippen LogP contribution in [0, 0.1) is 0 Å². The van der Waals surface area contributed by atoms with Crippen LogP contribution in [-0.4, -0.2) is 38.7 Å². The quantitative estimate of drug-likeness (QED) is 0.325. The molecule has 11 heteroatoms. The van der Waals surface area contributed by atoms with Gasteiger partial charge in [-0.1, -0.05) is 22.0 Å². The summed E-state index contributed by atoms with van der Waals surface area (Å²) >= 11 is 3.34. The van der Waals surface area contributed by atoms with Gasteiger partial charge in [0.25, 0.3) is 5.56 Å². The predicted molar refractivity (Wildman–Crippen MR) is 141 cm³/mol. The second-order valence-corrected chi connectivity index (χ2v) is 11.2. The Hall–Kier alpha value is -3.54. The highest BCUT2D eigenvalue weighted by Gasteiger charge is 2.27. The minimum Gasteiger partial charge on any atom is -0.493 e. The molecule has 192 valence electrons. The molecule has 0 bridgehead atoms. The average molecular weight is 587 g/mol. The molecule has 2 heterocycles. The third-order valence-electron chi connectivity index (χ3n) is 6.02. The van der Waals surface area contributed by atoms with Crippen LogP contribution in [0.25, 0.3) is 10.9 Å². The zero-order valence-electron chi connectivity index (χ0n) is 20.0. The van der Waals surface area contributed by atoms with E-state index in [2.05, 4.69) is 20.9 Å². The number of nitrogens with one attached hydrogen (secondary N) is 1. The topological polar surface area (TPSA) is 107 Å². The third kappa shape index (κ3) is 5.02. The molecule has 37 heavy (non-hydrogen) atoms. The standard InChI is InChI=1S/C26H23BrN2O7S/c1-33-23-11-17-10-18(26(30)28-21(17)12-24(23)34-2)14-29(37(31,32)20-6-4-19(27)5-7-20)13-16-3-8-22-25(9-16)36-15-35-22/h3-12H,13-15H2,1-2H3,(H,28,30). The highest BCUT2D eigenvalue weighted by Crippen LogP contribution is 2.34. The maximum Gasteiger partial charge on any atom is 0.252 e. The van der Waals surface area contributed by atoms with E-state index in [0.29, 0.717) is 39.5 Å². The van der Waals surface area contributed by atoms with Gasteiger partial charge >= 0.3 is 0 Å². The Kier molecular flexibility index (Phi) is 6.84. The minimum absolute atomic E-state index is 0.0123. The number of halogens is 1. The number of H-pyrrole nitrogens is 1. The fourth-order valence-electron chi connectivity index (χ4n) is 4.11. The van der Waals surface area contributed by atoms with Crippen LogP contribution in [0.15, 0.2) is 74.8 Å². The van der Waals surface area contributed by atoms with Gasteiger partial charge in [0.1, 0.15) is 0 Å². The number of nitrogens with zero attached hydrogens (tertiary/aromatic N) is 1. The highest BCUT2D eigenvalue weighted by molar-refractivity contribution is 9.10. The molecule has 0 saturated carbocycles. The summed E-state index contributed by atoms with van der Waals surface area (Å²) < 4.78 is 51.1. The number of benzene rings is 3. The first-order valence-electron chi connectivity index (χ1n) is 11.2. The van der Waals surface area contributed by atoms with E-state index in [1.165, 1.54) is 30.7 Å². The molecule has 0 atom stereocenters. The van der Waals surface area contributed by atoms with Gasteiger partial charge in [0, 0.05) is 34.6 Å². The fraction of sp³-hybridized carbons (Fsp3) is 0.192. The van der Waals surface area contributed by atoms with E-state index in [-0.39, 0.29) is 30.3 Å². The van der Waals surface area contributed by atoms with Crippen molar-refractivity contribution < 1.29 is 27.4 Å². The molecule has 5 rings (SSSR count). The van der Waals surface area contributed by atoms with Gasteiger partial charge in [0.05, 0.1) is 24.6 Å². The molecular formula is C26H23BrN2O7S. The molecule has 0 unspecified atom stereocenters. The van der Waals surface area contributed by atoms with Crippen molar-refractivity contribution in [3.8, 4) is 23.0 Å². The number of hydrogen-bond acceptors (Lipinski definition) is 7. The lowest BCUT2D eigenvalue weighted by Gasteiger charge is -2.23. The molecule has 1 aliphatic rings. The van der Waals surface area contributed by atoms with E-state index >= 15 is 0 Å². The Labute approximate surface area is 221 Å². The van der Waals surface area contributed by atoms with Gasteiger partial charge in [-0.05, 0) is 54.1 Å². The van der Waals surface area contributed by atoms with Crippen LogP contribution in [0.5, 0.6) is 23.0 Å². The summed E-state index contributed by atoms with van der Waals surface area (Å²) in [5.41, 5.74) is 1.11. The summed E-state index contributed by atoms with van der Waals surface area (Å²) in [7, 11) is -0.946. The lowest BCUT2D eigenvalue weighted by molar-refractivity contribution is 0.174. The van der Waals surface area contributed by atoms with Crippen LogP contribution in [0.3, 0.4) is 0 Å². The van der Waals surface area contributed by atoms with Crippen molar-refractivity contribution in [3.05, 3.63) is 86.6 Å². The second-order valence-electron chi connectivity index (χ2n) is 8.33. The summed E-state index contributed by atoms with van der Waals surface area (Å²) in [6.07, 6.45) is 0. The Morgan fingerprint density at radius 1 is 0.919 bits per heavy atom. The molecule has 3 aromatic carbocycles. The first-order chi connectivity index (χ1) is 17.8. The van der Waals surface area contributed by atoms with Gasteiger partial charge < -0.3 is 23.9 Å². The molecule has 0 radical (unpaired) electrons.